The van der Waals surface area contributed by atoms with Gasteiger partial charge in [-0.05, 0) is 43.0 Å². The number of hydrogen-bond donors (Lipinski definition) is 1. The van der Waals surface area contributed by atoms with Gasteiger partial charge in [0.2, 0.25) is 0 Å². The molecule has 0 spiro atoms. The molecule has 4 heteroatoms. The van der Waals surface area contributed by atoms with Crippen LogP contribution in [0.4, 0.5) is 0 Å². The first-order valence-corrected chi connectivity index (χ1v) is 9.69. The Labute approximate surface area is 146 Å². The minimum atomic E-state index is 0.352. The average Bonchev–Trinajstić information content (AvgIpc) is 3.33. The van der Waals surface area contributed by atoms with E-state index in [1.54, 1.807) is 0 Å². The smallest absolute Gasteiger partial charge is 0.0917 e. The van der Waals surface area contributed by atoms with Crippen molar-refractivity contribution in [1.29, 1.82) is 0 Å². The van der Waals surface area contributed by atoms with Gasteiger partial charge in [0.15, 0.2) is 0 Å². The van der Waals surface area contributed by atoms with Gasteiger partial charge in [-0.2, -0.15) is 0 Å². The Balaban J connectivity index is 1.32. The average molecular weight is 338 g/mol. The molecule has 0 amide bonds. The van der Waals surface area contributed by atoms with Crippen LogP contribution < -0.4 is 0 Å². The van der Waals surface area contributed by atoms with Crippen LogP contribution in [-0.4, -0.2) is 23.0 Å². The summed E-state index contributed by atoms with van der Waals surface area (Å²) in [5.74, 6) is 0. The summed E-state index contributed by atoms with van der Waals surface area (Å²) in [6.45, 7) is 4.14. The molecule has 1 saturated heterocycles. The molecule has 1 N–H and O–H groups in total. The number of nitrogens with zero attached hydrogens (tertiary/aromatic N) is 1. The molecule has 4 heterocycles. The van der Waals surface area contributed by atoms with Crippen molar-refractivity contribution >= 4 is 22.2 Å². The Morgan fingerprint density at radius 2 is 2.17 bits per heavy atom. The van der Waals surface area contributed by atoms with Crippen molar-refractivity contribution in [3.63, 3.8) is 0 Å². The largest absolute Gasteiger partial charge is 0.373 e. The van der Waals surface area contributed by atoms with E-state index in [1.807, 2.05) is 11.3 Å². The summed E-state index contributed by atoms with van der Waals surface area (Å²) in [5, 5.41) is 1.41. The van der Waals surface area contributed by atoms with Crippen LogP contribution in [0, 0.1) is 0 Å². The first kappa shape index (κ1) is 14.7. The molecule has 5 rings (SSSR count). The Morgan fingerprint density at radius 1 is 1.21 bits per heavy atom. The zero-order chi connectivity index (χ0) is 15.9. The molecule has 0 bridgehead atoms. The van der Waals surface area contributed by atoms with Crippen LogP contribution >= 0.6 is 11.3 Å². The number of thiophene rings is 1. The third-order valence-corrected chi connectivity index (χ3v) is 6.43. The molecule has 0 saturated carbocycles. The molecule has 1 atom stereocenters. The Kier molecular flexibility index (Phi) is 3.69. The summed E-state index contributed by atoms with van der Waals surface area (Å²) in [4.78, 5) is 9.05. The fourth-order valence-corrected chi connectivity index (χ4v) is 5.20. The number of H-pyrrole nitrogens is 1. The second-order valence-corrected chi connectivity index (χ2v) is 8.09. The van der Waals surface area contributed by atoms with Gasteiger partial charge in [-0.25, -0.2) is 0 Å². The van der Waals surface area contributed by atoms with E-state index in [0.29, 0.717) is 6.10 Å². The third kappa shape index (κ3) is 2.59. The predicted octanol–water partition coefficient (Wildman–Crippen LogP) is 4.64. The Morgan fingerprint density at radius 3 is 3.08 bits per heavy atom. The number of hydrogen-bond acceptors (Lipinski definition) is 3. The summed E-state index contributed by atoms with van der Waals surface area (Å²) in [5.41, 5.74) is 4.20. The molecule has 1 fully saturated rings. The number of fused-ring (bicyclic) bond motifs is 3. The summed E-state index contributed by atoms with van der Waals surface area (Å²) in [6, 6.07) is 13.2. The van der Waals surface area contributed by atoms with Gasteiger partial charge >= 0.3 is 0 Å². The van der Waals surface area contributed by atoms with E-state index in [2.05, 4.69) is 46.3 Å². The Hall–Kier alpha value is -1.62. The monoisotopic (exact) mass is 338 g/mol. The fourth-order valence-electron chi connectivity index (χ4n) is 4.06. The summed E-state index contributed by atoms with van der Waals surface area (Å²) >= 11 is 1.93. The van der Waals surface area contributed by atoms with Gasteiger partial charge in [-0.15, -0.1) is 11.3 Å². The maximum atomic E-state index is 5.81. The molecule has 2 aliphatic rings. The van der Waals surface area contributed by atoms with Gasteiger partial charge in [-0.1, -0.05) is 18.2 Å². The number of aromatic amines is 1. The number of benzene rings is 1. The Bertz CT molecular complexity index is 860. The van der Waals surface area contributed by atoms with Gasteiger partial charge in [0, 0.05) is 52.6 Å². The number of nitrogens with one attached hydrogen (secondary N) is 1. The lowest BCUT2D eigenvalue weighted by Gasteiger charge is -2.26. The van der Waals surface area contributed by atoms with Crippen LogP contribution in [0.2, 0.25) is 0 Å². The highest BCUT2D eigenvalue weighted by Crippen LogP contribution is 2.34. The lowest BCUT2D eigenvalue weighted by atomic mass is 10.0. The number of para-hydroxylation sites is 1. The molecule has 3 aromatic rings. The molecule has 2 aliphatic heterocycles. The van der Waals surface area contributed by atoms with Gasteiger partial charge in [-0.3, -0.25) is 4.90 Å². The van der Waals surface area contributed by atoms with Gasteiger partial charge in [0.1, 0.15) is 0 Å². The SMILES string of the molecule is c1ccc2c3c([nH]c2c1)CN(Cc1ccc(C2CCCO2)s1)CC3. The summed E-state index contributed by atoms with van der Waals surface area (Å²) in [6.07, 6.45) is 3.88. The van der Waals surface area contributed by atoms with Crippen molar-refractivity contribution in [2.24, 2.45) is 0 Å². The molecule has 124 valence electrons. The lowest BCUT2D eigenvalue weighted by molar-refractivity contribution is 0.114. The molecule has 3 nitrogen and oxygen atoms in total. The van der Waals surface area contributed by atoms with Crippen molar-refractivity contribution in [2.45, 2.75) is 38.5 Å². The second-order valence-electron chi connectivity index (χ2n) is 6.89. The fraction of sp³-hybridized carbons (Fsp3) is 0.400. The van der Waals surface area contributed by atoms with E-state index in [4.69, 9.17) is 4.74 Å². The van der Waals surface area contributed by atoms with Crippen LogP contribution in [0.3, 0.4) is 0 Å². The standard InChI is InChI=1S/C20H22N2OS/c1-2-5-17-15(4-1)16-9-10-22(13-18(16)21-17)12-14-7-8-20(24-14)19-6-3-11-23-19/h1-2,4-5,7-8,19,21H,3,6,9-13H2. The van der Waals surface area contributed by atoms with Crippen molar-refractivity contribution < 1.29 is 4.74 Å². The highest BCUT2D eigenvalue weighted by Gasteiger charge is 2.22. The van der Waals surface area contributed by atoms with Crippen LogP contribution in [0.15, 0.2) is 36.4 Å². The first-order chi connectivity index (χ1) is 11.9. The van der Waals surface area contributed by atoms with E-state index in [0.717, 1.165) is 32.7 Å². The number of aromatic nitrogens is 1. The van der Waals surface area contributed by atoms with E-state index >= 15 is 0 Å². The highest BCUT2D eigenvalue weighted by molar-refractivity contribution is 7.12. The zero-order valence-corrected chi connectivity index (χ0v) is 14.6. The molecule has 0 radical (unpaired) electrons. The molecular formula is C20H22N2OS. The van der Waals surface area contributed by atoms with E-state index < -0.39 is 0 Å². The van der Waals surface area contributed by atoms with Crippen molar-refractivity contribution in [2.75, 3.05) is 13.2 Å². The quantitative estimate of drug-likeness (QED) is 0.753. The minimum Gasteiger partial charge on any atom is -0.373 e. The highest BCUT2D eigenvalue weighted by atomic mass is 32.1. The maximum Gasteiger partial charge on any atom is 0.0917 e. The maximum absolute atomic E-state index is 5.81. The van der Waals surface area contributed by atoms with Crippen LogP contribution in [0.25, 0.3) is 10.9 Å². The van der Waals surface area contributed by atoms with Crippen molar-refractivity contribution in [1.82, 2.24) is 9.88 Å². The predicted molar refractivity (Wildman–Crippen MR) is 98.4 cm³/mol. The number of ether oxygens (including phenoxy) is 1. The summed E-state index contributed by atoms with van der Waals surface area (Å²) < 4.78 is 5.81. The number of rotatable bonds is 3. The third-order valence-electron chi connectivity index (χ3n) is 5.27. The normalized spacial score (nSPS) is 21.4. The van der Waals surface area contributed by atoms with E-state index in [1.165, 1.54) is 44.8 Å². The topological polar surface area (TPSA) is 28.3 Å². The molecule has 2 aromatic heterocycles. The zero-order valence-electron chi connectivity index (χ0n) is 13.8. The second kappa shape index (κ2) is 6.03. The minimum absolute atomic E-state index is 0.352. The lowest BCUT2D eigenvalue weighted by Crippen LogP contribution is -2.29. The van der Waals surface area contributed by atoms with Crippen LogP contribution in [0.1, 0.15) is 40.0 Å². The van der Waals surface area contributed by atoms with E-state index in [9.17, 15) is 0 Å². The summed E-state index contributed by atoms with van der Waals surface area (Å²) in [7, 11) is 0. The van der Waals surface area contributed by atoms with Crippen molar-refractivity contribution in [3.8, 4) is 0 Å². The van der Waals surface area contributed by atoms with Crippen LogP contribution in [0.5, 0.6) is 0 Å². The molecular weight excluding hydrogens is 316 g/mol. The van der Waals surface area contributed by atoms with Crippen molar-refractivity contribution in [3.05, 3.63) is 57.4 Å². The molecule has 1 aromatic carbocycles. The van der Waals surface area contributed by atoms with Gasteiger partial charge in [0.25, 0.3) is 0 Å². The van der Waals surface area contributed by atoms with Gasteiger partial charge < -0.3 is 9.72 Å². The van der Waals surface area contributed by atoms with E-state index in [-0.39, 0.29) is 0 Å². The molecule has 0 aliphatic carbocycles. The molecule has 1 unspecified atom stereocenters. The van der Waals surface area contributed by atoms with Gasteiger partial charge in [0.05, 0.1) is 6.10 Å². The first-order valence-electron chi connectivity index (χ1n) is 8.88. The molecule has 24 heavy (non-hydrogen) atoms. The van der Waals surface area contributed by atoms with Crippen LogP contribution in [-0.2, 0) is 24.2 Å².